The molecule has 4 nitrogen and oxygen atoms in total. The average Bonchev–Trinajstić information content (AvgIpc) is 2.33. The number of anilines is 1. The number of amides is 1. The van der Waals surface area contributed by atoms with Crippen LogP contribution in [-0.2, 0) is 11.3 Å². The molecule has 1 aliphatic heterocycles. The number of benzene rings is 1. The fourth-order valence-corrected chi connectivity index (χ4v) is 2.22. The molecule has 1 aromatic carbocycles. The van der Waals surface area contributed by atoms with Crippen molar-refractivity contribution in [2.45, 2.75) is 25.9 Å². The van der Waals surface area contributed by atoms with Gasteiger partial charge in [-0.15, -0.1) is 0 Å². The summed E-state index contributed by atoms with van der Waals surface area (Å²) in [4.78, 5) is 13.6. The molecule has 2 rings (SSSR count). The van der Waals surface area contributed by atoms with Gasteiger partial charge in [0.15, 0.2) is 0 Å². The predicted molar refractivity (Wildman–Crippen MR) is 68.7 cm³/mol. The maximum absolute atomic E-state index is 14.1. The van der Waals surface area contributed by atoms with E-state index in [-0.39, 0.29) is 11.7 Å². The minimum atomic E-state index is -0.747. The molecule has 3 N–H and O–H groups in total. The van der Waals surface area contributed by atoms with Gasteiger partial charge < -0.3 is 16.0 Å². The third kappa shape index (κ3) is 2.06. The molecule has 1 aromatic rings. The zero-order valence-corrected chi connectivity index (χ0v) is 10.7. The first-order valence-electron chi connectivity index (χ1n) is 6.01. The highest BCUT2D eigenvalue weighted by Gasteiger charge is 2.38. The van der Waals surface area contributed by atoms with Gasteiger partial charge in [-0.2, -0.15) is 0 Å². The summed E-state index contributed by atoms with van der Waals surface area (Å²) in [5.41, 5.74) is 5.93. The van der Waals surface area contributed by atoms with Crippen LogP contribution in [0.15, 0.2) is 18.2 Å². The van der Waals surface area contributed by atoms with Gasteiger partial charge in [-0.3, -0.25) is 4.79 Å². The van der Waals surface area contributed by atoms with Crippen molar-refractivity contribution in [1.29, 1.82) is 0 Å². The number of nitrogens with zero attached hydrogens (tertiary/aromatic N) is 1. The lowest BCUT2D eigenvalue weighted by atomic mass is 9.97. The number of piperazine rings is 1. The van der Waals surface area contributed by atoms with Crippen LogP contribution in [-0.4, -0.2) is 24.5 Å². The Labute approximate surface area is 106 Å². The smallest absolute Gasteiger partial charge is 0.245 e. The van der Waals surface area contributed by atoms with Crippen LogP contribution < -0.4 is 16.0 Å². The van der Waals surface area contributed by atoms with E-state index in [9.17, 15) is 9.18 Å². The Morgan fingerprint density at radius 1 is 1.50 bits per heavy atom. The number of nitrogens with two attached hydrogens (primary N) is 1. The number of carbonyl (C=O) groups is 1. The van der Waals surface area contributed by atoms with E-state index in [0.29, 0.717) is 25.3 Å². The van der Waals surface area contributed by atoms with Gasteiger partial charge in [0.2, 0.25) is 5.91 Å². The summed E-state index contributed by atoms with van der Waals surface area (Å²) in [6, 6.07) is 4.91. The lowest BCUT2D eigenvalue weighted by Gasteiger charge is -2.42. The van der Waals surface area contributed by atoms with Crippen molar-refractivity contribution in [2.75, 3.05) is 18.0 Å². The molecule has 98 valence electrons. The van der Waals surface area contributed by atoms with E-state index in [0.717, 1.165) is 5.56 Å². The summed E-state index contributed by atoms with van der Waals surface area (Å²) < 4.78 is 14.1. The Balaban J connectivity index is 2.38. The van der Waals surface area contributed by atoms with Gasteiger partial charge in [0.25, 0.3) is 0 Å². The summed E-state index contributed by atoms with van der Waals surface area (Å²) in [7, 11) is 0. The Bertz CT molecular complexity index is 473. The molecule has 0 bridgehead atoms. The highest BCUT2D eigenvalue weighted by molar-refractivity contribution is 5.90. The Morgan fingerprint density at radius 3 is 2.83 bits per heavy atom. The molecule has 1 aliphatic rings. The first kappa shape index (κ1) is 12.8. The standard InChI is InChI=1S/C13H18FN3O/c1-13(2)12(18)16-5-6-17(13)11-4-3-9(8-15)7-10(11)14/h3-4,7H,5-6,8,15H2,1-2H3,(H,16,18). The van der Waals surface area contributed by atoms with Crippen LogP contribution in [0, 0.1) is 5.82 Å². The van der Waals surface area contributed by atoms with Crippen molar-refractivity contribution in [3.63, 3.8) is 0 Å². The van der Waals surface area contributed by atoms with Crippen LogP contribution in [0.1, 0.15) is 19.4 Å². The lowest BCUT2D eigenvalue weighted by molar-refractivity contribution is -0.126. The van der Waals surface area contributed by atoms with Crippen LogP contribution in [0.2, 0.25) is 0 Å². The van der Waals surface area contributed by atoms with Crippen LogP contribution in [0.3, 0.4) is 0 Å². The lowest BCUT2D eigenvalue weighted by Crippen LogP contribution is -2.62. The van der Waals surface area contributed by atoms with Gasteiger partial charge in [-0.05, 0) is 31.5 Å². The Kier molecular flexibility index (Phi) is 3.26. The molecule has 0 aromatic heterocycles. The normalized spacial score (nSPS) is 18.7. The van der Waals surface area contributed by atoms with Gasteiger partial charge >= 0.3 is 0 Å². The second-order valence-corrected chi connectivity index (χ2v) is 4.96. The molecular formula is C13H18FN3O. The Morgan fingerprint density at radius 2 is 2.22 bits per heavy atom. The van der Waals surface area contributed by atoms with E-state index < -0.39 is 5.54 Å². The highest BCUT2D eigenvalue weighted by Crippen LogP contribution is 2.29. The molecule has 0 spiro atoms. The van der Waals surface area contributed by atoms with Gasteiger partial charge in [0.1, 0.15) is 11.4 Å². The minimum Gasteiger partial charge on any atom is -0.353 e. The maximum atomic E-state index is 14.1. The summed E-state index contributed by atoms with van der Waals surface area (Å²) in [6.07, 6.45) is 0. The van der Waals surface area contributed by atoms with Crippen LogP contribution in [0.25, 0.3) is 0 Å². The van der Waals surface area contributed by atoms with Gasteiger partial charge in [0, 0.05) is 19.6 Å². The zero-order chi connectivity index (χ0) is 13.3. The molecule has 5 heteroatoms. The molecular weight excluding hydrogens is 233 g/mol. The molecule has 0 atom stereocenters. The van der Waals surface area contributed by atoms with Gasteiger partial charge in [-0.25, -0.2) is 4.39 Å². The maximum Gasteiger partial charge on any atom is 0.245 e. The average molecular weight is 251 g/mol. The zero-order valence-electron chi connectivity index (χ0n) is 10.7. The van der Waals surface area contributed by atoms with Crippen molar-refractivity contribution in [3.05, 3.63) is 29.6 Å². The van der Waals surface area contributed by atoms with E-state index in [1.807, 2.05) is 0 Å². The second kappa shape index (κ2) is 4.57. The van der Waals surface area contributed by atoms with Crippen LogP contribution in [0.4, 0.5) is 10.1 Å². The summed E-state index contributed by atoms with van der Waals surface area (Å²) in [5.74, 6) is -0.420. The first-order valence-corrected chi connectivity index (χ1v) is 6.01. The van der Waals surface area contributed by atoms with Crippen molar-refractivity contribution >= 4 is 11.6 Å². The summed E-state index contributed by atoms with van der Waals surface area (Å²) in [6.45, 7) is 5.01. The fourth-order valence-electron chi connectivity index (χ4n) is 2.22. The minimum absolute atomic E-state index is 0.0870. The molecule has 0 radical (unpaired) electrons. The van der Waals surface area contributed by atoms with Crippen molar-refractivity contribution in [1.82, 2.24) is 5.32 Å². The Hall–Kier alpha value is -1.62. The molecule has 1 amide bonds. The van der Waals surface area contributed by atoms with E-state index in [4.69, 9.17) is 5.73 Å². The van der Waals surface area contributed by atoms with Gasteiger partial charge in [0.05, 0.1) is 5.69 Å². The third-order valence-corrected chi connectivity index (χ3v) is 3.39. The molecule has 1 fully saturated rings. The molecule has 1 heterocycles. The molecule has 0 saturated carbocycles. The predicted octanol–water partition coefficient (Wildman–Crippen LogP) is 0.999. The second-order valence-electron chi connectivity index (χ2n) is 4.96. The number of rotatable bonds is 2. The highest BCUT2D eigenvalue weighted by atomic mass is 19.1. The third-order valence-electron chi connectivity index (χ3n) is 3.39. The summed E-state index contributed by atoms with van der Waals surface area (Å²) in [5, 5.41) is 2.79. The van der Waals surface area contributed by atoms with Crippen molar-refractivity contribution in [2.24, 2.45) is 5.73 Å². The molecule has 18 heavy (non-hydrogen) atoms. The van der Waals surface area contributed by atoms with Crippen molar-refractivity contribution in [3.8, 4) is 0 Å². The largest absolute Gasteiger partial charge is 0.353 e. The monoisotopic (exact) mass is 251 g/mol. The number of nitrogens with one attached hydrogen (secondary N) is 1. The van der Waals surface area contributed by atoms with Gasteiger partial charge in [-0.1, -0.05) is 6.07 Å². The topological polar surface area (TPSA) is 58.4 Å². The summed E-state index contributed by atoms with van der Waals surface area (Å²) >= 11 is 0. The fraction of sp³-hybridized carbons (Fsp3) is 0.462. The molecule has 0 aliphatic carbocycles. The van der Waals surface area contributed by atoms with E-state index in [1.165, 1.54) is 6.07 Å². The molecule has 0 unspecified atom stereocenters. The number of halogens is 1. The van der Waals surface area contributed by atoms with Crippen molar-refractivity contribution < 1.29 is 9.18 Å². The molecule has 1 saturated heterocycles. The van der Waals surface area contributed by atoms with E-state index >= 15 is 0 Å². The first-order chi connectivity index (χ1) is 8.46. The van der Waals surface area contributed by atoms with E-state index in [2.05, 4.69) is 5.32 Å². The number of carbonyl (C=O) groups excluding carboxylic acids is 1. The number of hydrogen-bond acceptors (Lipinski definition) is 3. The number of hydrogen-bond donors (Lipinski definition) is 2. The van der Waals surface area contributed by atoms with Crippen LogP contribution in [0.5, 0.6) is 0 Å². The SMILES string of the molecule is CC1(C)C(=O)NCCN1c1ccc(CN)cc1F. The van der Waals surface area contributed by atoms with Crippen LogP contribution >= 0.6 is 0 Å². The quantitative estimate of drug-likeness (QED) is 0.824. The van der Waals surface area contributed by atoms with E-state index in [1.54, 1.807) is 30.9 Å².